The SMILES string of the molecule is CCOc1ccc(N=Cc2cc(Br)c(OS(=O)(=O)c3ccc(Cl)cc3)c(OC)c2)cc1. The number of methoxy groups -OCH3 is 1. The molecule has 0 spiro atoms. The summed E-state index contributed by atoms with van der Waals surface area (Å²) in [6.07, 6.45) is 1.64. The molecule has 6 nitrogen and oxygen atoms in total. The average molecular weight is 525 g/mol. The molecule has 0 atom stereocenters. The van der Waals surface area contributed by atoms with Crippen LogP contribution in [0.4, 0.5) is 5.69 Å². The van der Waals surface area contributed by atoms with E-state index in [1.54, 1.807) is 18.3 Å². The first kappa shape index (κ1) is 23.1. The van der Waals surface area contributed by atoms with E-state index >= 15 is 0 Å². The van der Waals surface area contributed by atoms with Crippen molar-refractivity contribution in [3.8, 4) is 17.2 Å². The van der Waals surface area contributed by atoms with Crippen LogP contribution in [0.5, 0.6) is 17.2 Å². The second kappa shape index (κ2) is 10.2. The topological polar surface area (TPSA) is 74.2 Å². The molecule has 0 amide bonds. The lowest BCUT2D eigenvalue weighted by Gasteiger charge is -2.13. The number of hydrogen-bond donors (Lipinski definition) is 0. The van der Waals surface area contributed by atoms with Gasteiger partial charge in [-0.15, -0.1) is 0 Å². The largest absolute Gasteiger partial charge is 0.494 e. The van der Waals surface area contributed by atoms with Gasteiger partial charge in [-0.1, -0.05) is 11.6 Å². The molecule has 0 bridgehead atoms. The van der Waals surface area contributed by atoms with Crippen molar-refractivity contribution < 1.29 is 22.1 Å². The van der Waals surface area contributed by atoms with Gasteiger partial charge in [0.2, 0.25) is 0 Å². The zero-order valence-electron chi connectivity index (χ0n) is 16.7. The van der Waals surface area contributed by atoms with Crippen LogP contribution in [0.1, 0.15) is 12.5 Å². The van der Waals surface area contributed by atoms with Crippen LogP contribution in [0.15, 0.2) is 75.0 Å². The fraction of sp³-hybridized carbons (Fsp3) is 0.136. The van der Waals surface area contributed by atoms with Crippen molar-refractivity contribution in [2.75, 3.05) is 13.7 Å². The lowest BCUT2D eigenvalue weighted by atomic mass is 10.2. The number of aliphatic imine (C=N–C) groups is 1. The van der Waals surface area contributed by atoms with Gasteiger partial charge >= 0.3 is 10.1 Å². The van der Waals surface area contributed by atoms with Gasteiger partial charge in [0, 0.05) is 11.2 Å². The predicted octanol–water partition coefficient (Wildman–Crippen LogP) is 6.03. The molecule has 3 aromatic rings. The van der Waals surface area contributed by atoms with E-state index < -0.39 is 10.1 Å². The number of benzene rings is 3. The summed E-state index contributed by atoms with van der Waals surface area (Å²) >= 11 is 9.19. The molecule has 9 heteroatoms. The molecule has 3 aromatic carbocycles. The second-order valence-corrected chi connectivity index (χ2v) is 9.05. The highest BCUT2D eigenvalue weighted by molar-refractivity contribution is 9.10. The quantitative estimate of drug-likeness (QED) is 0.266. The number of hydrogen-bond acceptors (Lipinski definition) is 6. The highest BCUT2D eigenvalue weighted by Gasteiger charge is 2.22. The van der Waals surface area contributed by atoms with Crippen LogP contribution in [0.3, 0.4) is 0 Å². The van der Waals surface area contributed by atoms with Crippen molar-refractivity contribution in [1.82, 2.24) is 0 Å². The summed E-state index contributed by atoms with van der Waals surface area (Å²) in [4.78, 5) is 4.40. The molecule has 3 rings (SSSR count). The van der Waals surface area contributed by atoms with Crippen LogP contribution < -0.4 is 13.7 Å². The van der Waals surface area contributed by atoms with Gasteiger partial charge < -0.3 is 13.7 Å². The van der Waals surface area contributed by atoms with Gasteiger partial charge in [-0.3, -0.25) is 4.99 Å². The molecule has 0 radical (unpaired) electrons. The molecule has 31 heavy (non-hydrogen) atoms. The van der Waals surface area contributed by atoms with E-state index in [0.29, 0.717) is 21.7 Å². The fourth-order valence-electron chi connectivity index (χ4n) is 2.60. The Morgan fingerprint density at radius 2 is 1.74 bits per heavy atom. The first-order valence-electron chi connectivity index (χ1n) is 9.17. The van der Waals surface area contributed by atoms with Crippen molar-refractivity contribution in [1.29, 1.82) is 0 Å². The Kier molecular flexibility index (Phi) is 7.59. The van der Waals surface area contributed by atoms with Gasteiger partial charge in [0.1, 0.15) is 10.6 Å². The zero-order chi connectivity index (χ0) is 22.4. The fourth-order valence-corrected chi connectivity index (χ4v) is 4.33. The average Bonchev–Trinajstić information content (AvgIpc) is 2.75. The minimum absolute atomic E-state index is 0.0213. The predicted molar refractivity (Wildman–Crippen MR) is 125 cm³/mol. The lowest BCUT2D eigenvalue weighted by Crippen LogP contribution is -2.11. The first-order valence-corrected chi connectivity index (χ1v) is 11.7. The number of ether oxygens (including phenoxy) is 2. The molecule has 0 aliphatic carbocycles. The Hall–Kier alpha value is -2.55. The van der Waals surface area contributed by atoms with Gasteiger partial charge in [-0.25, -0.2) is 0 Å². The van der Waals surface area contributed by atoms with Crippen LogP contribution in [0, 0.1) is 0 Å². The van der Waals surface area contributed by atoms with Gasteiger partial charge in [-0.2, -0.15) is 8.42 Å². The molecule has 0 unspecified atom stereocenters. The van der Waals surface area contributed by atoms with Crippen molar-refractivity contribution in [3.63, 3.8) is 0 Å². The minimum Gasteiger partial charge on any atom is -0.494 e. The van der Waals surface area contributed by atoms with Crippen LogP contribution in [-0.2, 0) is 10.1 Å². The van der Waals surface area contributed by atoms with Crippen molar-refractivity contribution in [2.45, 2.75) is 11.8 Å². The maximum atomic E-state index is 12.6. The zero-order valence-corrected chi connectivity index (χ0v) is 19.9. The summed E-state index contributed by atoms with van der Waals surface area (Å²) in [6, 6.07) is 16.4. The second-order valence-electron chi connectivity index (χ2n) is 6.21. The molecule has 0 aromatic heterocycles. The standard InChI is InChI=1S/C22H19BrClNO5S/c1-3-29-18-8-6-17(7-9-18)25-14-15-12-20(23)22(21(13-15)28-2)30-31(26,27)19-10-4-16(24)5-11-19/h4-14H,3H2,1-2H3. The smallest absolute Gasteiger partial charge is 0.339 e. The lowest BCUT2D eigenvalue weighted by molar-refractivity contribution is 0.340. The molecule has 0 heterocycles. The van der Waals surface area contributed by atoms with E-state index in [0.717, 1.165) is 11.4 Å². The summed E-state index contributed by atoms with van der Waals surface area (Å²) in [5.74, 6) is 1.05. The van der Waals surface area contributed by atoms with E-state index in [1.165, 1.54) is 31.4 Å². The van der Waals surface area contributed by atoms with Crippen LogP contribution >= 0.6 is 27.5 Å². The van der Waals surface area contributed by atoms with E-state index in [9.17, 15) is 8.42 Å². The summed E-state index contributed by atoms with van der Waals surface area (Å²) in [7, 11) is -2.65. The number of rotatable bonds is 8. The van der Waals surface area contributed by atoms with Gasteiger partial charge in [-0.05, 0) is 89.1 Å². The molecular formula is C22H19BrClNO5S. The van der Waals surface area contributed by atoms with Gasteiger partial charge in [0.15, 0.2) is 11.5 Å². The van der Waals surface area contributed by atoms with E-state index in [-0.39, 0.29) is 16.4 Å². The minimum atomic E-state index is -4.08. The van der Waals surface area contributed by atoms with E-state index in [1.807, 2.05) is 31.2 Å². The summed E-state index contributed by atoms with van der Waals surface area (Å²) < 4.78 is 41.7. The molecule has 0 aliphatic rings. The highest BCUT2D eigenvalue weighted by atomic mass is 79.9. The van der Waals surface area contributed by atoms with Gasteiger partial charge in [0.05, 0.1) is 23.9 Å². The Morgan fingerprint density at radius 3 is 2.35 bits per heavy atom. The molecule has 0 saturated carbocycles. The van der Waals surface area contributed by atoms with Gasteiger partial charge in [0.25, 0.3) is 0 Å². The Labute approximate surface area is 194 Å². The third-order valence-corrected chi connectivity index (χ3v) is 6.13. The van der Waals surface area contributed by atoms with Crippen LogP contribution in [0.25, 0.3) is 0 Å². The van der Waals surface area contributed by atoms with Crippen LogP contribution in [0.2, 0.25) is 5.02 Å². The summed E-state index contributed by atoms with van der Waals surface area (Å²) in [5.41, 5.74) is 1.43. The highest BCUT2D eigenvalue weighted by Crippen LogP contribution is 2.38. The Balaban J connectivity index is 1.85. The Morgan fingerprint density at radius 1 is 1.06 bits per heavy atom. The Bertz CT molecular complexity index is 1180. The summed E-state index contributed by atoms with van der Waals surface area (Å²) in [6.45, 7) is 2.52. The first-order chi connectivity index (χ1) is 14.8. The molecule has 162 valence electrons. The van der Waals surface area contributed by atoms with E-state index in [2.05, 4.69) is 20.9 Å². The van der Waals surface area contributed by atoms with Crippen molar-refractivity contribution in [3.05, 3.63) is 75.7 Å². The summed E-state index contributed by atoms with van der Waals surface area (Å²) in [5, 5.41) is 0.425. The molecule has 0 fully saturated rings. The maximum absolute atomic E-state index is 12.6. The monoisotopic (exact) mass is 523 g/mol. The third-order valence-electron chi connectivity index (χ3n) is 4.06. The molecule has 0 saturated heterocycles. The molecular weight excluding hydrogens is 506 g/mol. The third kappa shape index (κ3) is 6.00. The molecule has 0 N–H and O–H groups in total. The van der Waals surface area contributed by atoms with Crippen LogP contribution in [-0.4, -0.2) is 28.3 Å². The van der Waals surface area contributed by atoms with E-state index in [4.69, 9.17) is 25.3 Å². The number of nitrogens with zero attached hydrogens (tertiary/aromatic N) is 1. The molecule has 0 aliphatic heterocycles. The maximum Gasteiger partial charge on any atom is 0.339 e. The van der Waals surface area contributed by atoms with Crippen molar-refractivity contribution >= 4 is 49.6 Å². The van der Waals surface area contributed by atoms with Crippen molar-refractivity contribution in [2.24, 2.45) is 4.99 Å². The number of halogens is 2. The normalized spacial score (nSPS) is 11.5.